The Hall–Kier alpha value is -1.95. The number of piperazine rings is 1. The van der Waals surface area contributed by atoms with Crippen molar-refractivity contribution in [3.05, 3.63) is 30.1 Å². The van der Waals surface area contributed by atoms with Crippen LogP contribution in [0.5, 0.6) is 0 Å². The summed E-state index contributed by atoms with van der Waals surface area (Å²) in [5.74, 6) is 0.0826. The number of pyridine rings is 1. The van der Waals surface area contributed by atoms with Crippen molar-refractivity contribution in [2.24, 2.45) is 0 Å². The number of hydrogen-bond acceptors (Lipinski definition) is 4. The molecule has 1 fully saturated rings. The van der Waals surface area contributed by atoms with Crippen LogP contribution in [0.1, 0.15) is 16.8 Å². The number of carbonyl (C=O) groups excluding carboxylic acids is 2. The fourth-order valence-corrected chi connectivity index (χ4v) is 2.18. The van der Waals surface area contributed by atoms with Crippen molar-refractivity contribution in [3.8, 4) is 0 Å². The van der Waals surface area contributed by atoms with Crippen LogP contribution in [0.4, 0.5) is 0 Å². The molecule has 0 unspecified atom stereocenters. The highest BCUT2D eigenvalue weighted by molar-refractivity contribution is 5.94. The first kappa shape index (κ1) is 14.5. The van der Waals surface area contributed by atoms with Crippen LogP contribution >= 0.6 is 0 Å². The molecule has 6 nitrogen and oxygen atoms in total. The lowest BCUT2D eigenvalue weighted by Gasteiger charge is -2.34. The third-order valence-electron chi connectivity index (χ3n) is 3.37. The topological polar surface area (TPSA) is 62.7 Å². The molecule has 0 aromatic carbocycles. The summed E-state index contributed by atoms with van der Waals surface area (Å²) in [5.41, 5.74) is 0.638. The highest BCUT2D eigenvalue weighted by Gasteiger charge is 2.24. The summed E-state index contributed by atoms with van der Waals surface area (Å²) in [4.78, 5) is 31.5. The van der Waals surface area contributed by atoms with E-state index < -0.39 is 0 Å². The van der Waals surface area contributed by atoms with E-state index in [2.05, 4.69) is 4.98 Å². The molecule has 6 heteroatoms. The molecule has 0 radical (unpaired) electrons. The summed E-state index contributed by atoms with van der Waals surface area (Å²) >= 11 is 0. The van der Waals surface area contributed by atoms with Gasteiger partial charge in [-0.25, -0.2) is 0 Å². The Labute approximate surface area is 118 Å². The first-order valence-corrected chi connectivity index (χ1v) is 6.68. The van der Waals surface area contributed by atoms with Crippen LogP contribution in [0.25, 0.3) is 0 Å². The molecular formula is C14H19N3O3. The van der Waals surface area contributed by atoms with Gasteiger partial charge in [0.1, 0.15) is 0 Å². The van der Waals surface area contributed by atoms with Gasteiger partial charge in [0.05, 0.1) is 13.0 Å². The summed E-state index contributed by atoms with van der Waals surface area (Å²) in [6.45, 7) is 2.74. The van der Waals surface area contributed by atoms with Crippen LogP contribution in [-0.2, 0) is 9.53 Å². The standard InChI is InChI=1S/C14H19N3O3/c1-20-11-4-13(18)16-7-9-17(10-8-16)14(19)12-2-5-15-6-3-12/h2-3,5-6H,4,7-11H2,1H3. The molecule has 108 valence electrons. The predicted octanol–water partition coefficient (Wildman–Crippen LogP) is 0.402. The molecule has 0 bridgehead atoms. The number of rotatable bonds is 4. The van der Waals surface area contributed by atoms with E-state index in [9.17, 15) is 9.59 Å². The molecule has 0 spiro atoms. The van der Waals surface area contributed by atoms with Gasteiger partial charge in [0.25, 0.3) is 5.91 Å². The summed E-state index contributed by atoms with van der Waals surface area (Å²) in [7, 11) is 1.58. The SMILES string of the molecule is COCCC(=O)N1CCN(C(=O)c2ccncc2)CC1. The first-order chi connectivity index (χ1) is 9.72. The van der Waals surface area contributed by atoms with E-state index in [-0.39, 0.29) is 11.8 Å². The molecule has 1 aromatic heterocycles. The molecule has 2 amide bonds. The fraction of sp³-hybridized carbons (Fsp3) is 0.500. The molecule has 0 N–H and O–H groups in total. The number of carbonyl (C=O) groups is 2. The Balaban J connectivity index is 1.85. The van der Waals surface area contributed by atoms with Crippen molar-refractivity contribution in [1.29, 1.82) is 0 Å². The van der Waals surface area contributed by atoms with E-state index in [4.69, 9.17) is 4.74 Å². The second kappa shape index (κ2) is 7.00. The van der Waals surface area contributed by atoms with E-state index >= 15 is 0 Å². The third-order valence-corrected chi connectivity index (χ3v) is 3.37. The maximum absolute atomic E-state index is 12.2. The van der Waals surface area contributed by atoms with Gasteiger partial charge in [-0.2, -0.15) is 0 Å². The number of hydrogen-bond donors (Lipinski definition) is 0. The Morgan fingerprint density at radius 2 is 1.75 bits per heavy atom. The number of aromatic nitrogens is 1. The Bertz CT molecular complexity index is 456. The van der Waals surface area contributed by atoms with Crippen LogP contribution in [0.15, 0.2) is 24.5 Å². The van der Waals surface area contributed by atoms with E-state index in [1.165, 1.54) is 0 Å². The molecule has 2 heterocycles. The first-order valence-electron chi connectivity index (χ1n) is 6.68. The zero-order chi connectivity index (χ0) is 14.4. The Morgan fingerprint density at radius 3 is 2.35 bits per heavy atom. The Kier molecular flexibility index (Phi) is 5.06. The lowest BCUT2D eigenvalue weighted by molar-refractivity contribution is -0.133. The van der Waals surface area contributed by atoms with Crippen molar-refractivity contribution in [2.45, 2.75) is 6.42 Å². The maximum atomic E-state index is 12.2. The zero-order valence-electron chi connectivity index (χ0n) is 11.6. The lowest BCUT2D eigenvalue weighted by atomic mass is 10.2. The summed E-state index contributed by atoms with van der Waals surface area (Å²) in [5, 5.41) is 0. The third kappa shape index (κ3) is 3.54. The van der Waals surface area contributed by atoms with Gasteiger partial charge in [-0.05, 0) is 12.1 Å². The van der Waals surface area contributed by atoms with Crippen molar-refractivity contribution in [3.63, 3.8) is 0 Å². The van der Waals surface area contributed by atoms with Crippen LogP contribution in [0, 0.1) is 0 Å². The molecule has 0 aliphatic carbocycles. The van der Waals surface area contributed by atoms with Crippen molar-refractivity contribution < 1.29 is 14.3 Å². The second-order valence-electron chi connectivity index (χ2n) is 4.65. The van der Waals surface area contributed by atoms with Gasteiger partial charge in [-0.15, -0.1) is 0 Å². The molecule has 1 aromatic rings. The minimum Gasteiger partial charge on any atom is -0.384 e. The van der Waals surface area contributed by atoms with E-state index in [1.807, 2.05) is 0 Å². The molecule has 20 heavy (non-hydrogen) atoms. The van der Waals surface area contributed by atoms with Gasteiger partial charge in [0.15, 0.2) is 0 Å². The average molecular weight is 277 g/mol. The van der Waals surface area contributed by atoms with Gasteiger partial charge in [0.2, 0.25) is 5.91 Å². The quantitative estimate of drug-likeness (QED) is 0.799. The smallest absolute Gasteiger partial charge is 0.254 e. The van der Waals surface area contributed by atoms with Crippen LogP contribution in [-0.4, -0.2) is 66.5 Å². The van der Waals surface area contributed by atoms with Gasteiger partial charge in [-0.1, -0.05) is 0 Å². The van der Waals surface area contributed by atoms with Crippen molar-refractivity contribution in [2.75, 3.05) is 39.9 Å². The normalized spacial score (nSPS) is 15.2. The number of ether oxygens (including phenoxy) is 1. The fourth-order valence-electron chi connectivity index (χ4n) is 2.18. The highest BCUT2D eigenvalue weighted by Crippen LogP contribution is 2.09. The molecule has 1 aliphatic heterocycles. The van der Waals surface area contributed by atoms with Gasteiger partial charge >= 0.3 is 0 Å². The van der Waals surface area contributed by atoms with Crippen LogP contribution in [0.2, 0.25) is 0 Å². The molecule has 1 saturated heterocycles. The molecule has 0 atom stereocenters. The average Bonchev–Trinajstić information content (AvgIpc) is 2.53. The minimum atomic E-state index is -0.00334. The van der Waals surface area contributed by atoms with Gasteiger partial charge in [0, 0.05) is 51.2 Å². The largest absolute Gasteiger partial charge is 0.384 e. The number of methoxy groups -OCH3 is 1. The summed E-state index contributed by atoms with van der Waals surface area (Å²) in [6.07, 6.45) is 3.62. The zero-order valence-corrected chi connectivity index (χ0v) is 11.6. The van der Waals surface area contributed by atoms with E-state index in [0.29, 0.717) is 44.8 Å². The Morgan fingerprint density at radius 1 is 1.15 bits per heavy atom. The van der Waals surface area contributed by atoms with Crippen LogP contribution in [0.3, 0.4) is 0 Å². The molecule has 2 rings (SSSR count). The van der Waals surface area contributed by atoms with Crippen LogP contribution < -0.4 is 0 Å². The minimum absolute atomic E-state index is 0.00334. The monoisotopic (exact) mass is 277 g/mol. The predicted molar refractivity (Wildman–Crippen MR) is 73.2 cm³/mol. The van der Waals surface area contributed by atoms with E-state index in [1.54, 1.807) is 41.4 Å². The molecule has 0 saturated carbocycles. The number of amides is 2. The summed E-state index contributed by atoms with van der Waals surface area (Å²) in [6, 6.07) is 3.41. The van der Waals surface area contributed by atoms with Gasteiger partial charge in [-0.3, -0.25) is 14.6 Å². The number of nitrogens with zero attached hydrogens (tertiary/aromatic N) is 3. The molecule has 1 aliphatic rings. The second-order valence-corrected chi connectivity index (χ2v) is 4.65. The van der Waals surface area contributed by atoms with Crippen molar-refractivity contribution >= 4 is 11.8 Å². The van der Waals surface area contributed by atoms with Crippen molar-refractivity contribution in [1.82, 2.24) is 14.8 Å². The maximum Gasteiger partial charge on any atom is 0.254 e. The lowest BCUT2D eigenvalue weighted by Crippen LogP contribution is -2.50. The molecular weight excluding hydrogens is 258 g/mol. The summed E-state index contributed by atoms with van der Waals surface area (Å²) < 4.78 is 4.90. The highest BCUT2D eigenvalue weighted by atomic mass is 16.5. The van der Waals surface area contributed by atoms with Gasteiger partial charge < -0.3 is 14.5 Å². The van der Waals surface area contributed by atoms with E-state index in [0.717, 1.165) is 0 Å².